The third-order valence-corrected chi connectivity index (χ3v) is 1.10. The van der Waals surface area contributed by atoms with E-state index in [1.54, 1.807) is 13.8 Å². The highest BCUT2D eigenvalue weighted by molar-refractivity contribution is 5.94. The molecule has 0 aromatic carbocycles. The molecule has 3 heteroatoms. The van der Waals surface area contributed by atoms with Crippen LogP contribution in [0.5, 0.6) is 0 Å². The molecule has 0 saturated carbocycles. The van der Waals surface area contributed by atoms with Gasteiger partial charge in [0.05, 0.1) is 0 Å². The first-order chi connectivity index (χ1) is 4.63. The van der Waals surface area contributed by atoms with Gasteiger partial charge in [-0.15, -0.1) is 0 Å². The van der Waals surface area contributed by atoms with Gasteiger partial charge in [0, 0.05) is 6.04 Å². The molecule has 0 rings (SSSR count). The van der Waals surface area contributed by atoms with Gasteiger partial charge in [0.25, 0.3) is 5.91 Å². The molecule has 56 valence electrons. The average Bonchev–Trinajstić information content (AvgIpc) is 1.88. The summed E-state index contributed by atoms with van der Waals surface area (Å²) in [5, 5.41) is 0. The summed E-state index contributed by atoms with van der Waals surface area (Å²) >= 11 is 0. The molecule has 0 aromatic rings. The van der Waals surface area contributed by atoms with Gasteiger partial charge in [0.2, 0.25) is 6.41 Å². The Morgan fingerprint density at radius 3 is 2.20 bits per heavy atom. The van der Waals surface area contributed by atoms with Crippen LogP contribution in [0.2, 0.25) is 0 Å². The SMILES string of the molecule is C=CC(=O)N(C=O)C(C)C. The summed E-state index contributed by atoms with van der Waals surface area (Å²) < 4.78 is 0. The van der Waals surface area contributed by atoms with Crippen LogP contribution in [0, 0.1) is 0 Å². The summed E-state index contributed by atoms with van der Waals surface area (Å²) in [5.74, 6) is -0.356. The van der Waals surface area contributed by atoms with Gasteiger partial charge >= 0.3 is 0 Å². The molecule has 0 aliphatic rings. The fourth-order valence-electron chi connectivity index (χ4n) is 0.534. The summed E-state index contributed by atoms with van der Waals surface area (Å²) in [7, 11) is 0. The normalized spacial score (nSPS) is 9.10. The van der Waals surface area contributed by atoms with E-state index in [4.69, 9.17) is 0 Å². The van der Waals surface area contributed by atoms with Crippen LogP contribution in [0.3, 0.4) is 0 Å². The first-order valence-electron chi connectivity index (χ1n) is 3.03. The predicted octanol–water partition coefficient (Wildman–Crippen LogP) is 0.566. The monoisotopic (exact) mass is 141 g/mol. The smallest absolute Gasteiger partial charge is 0.252 e. The molecule has 0 aliphatic carbocycles. The van der Waals surface area contributed by atoms with Gasteiger partial charge in [0.15, 0.2) is 0 Å². The zero-order valence-corrected chi connectivity index (χ0v) is 6.20. The maximum absolute atomic E-state index is 10.8. The van der Waals surface area contributed by atoms with Crippen LogP contribution in [-0.4, -0.2) is 23.3 Å². The lowest BCUT2D eigenvalue weighted by molar-refractivity contribution is -0.136. The summed E-state index contributed by atoms with van der Waals surface area (Å²) in [6, 6.07) is -0.0944. The molecule has 0 radical (unpaired) electrons. The van der Waals surface area contributed by atoms with Crippen LogP contribution >= 0.6 is 0 Å². The number of carbonyl (C=O) groups excluding carboxylic acids is 2. The Labute approximate surface area is 60.3 Å². The first-order valence-corrected chi connectivity index (χ1v) is 3.03. The number of imide groups is 1. The van der Waals surface area contributed by atoms with Gasteiger partial charge in [-0.05, 0) is 19.9 Å². The van der Waals surface area contributed by atoms with Gasteiger partial charge in [-0.3, -0.25) is 14.5 Å². The van der Waals surface area contributed by atoms with Crippen molar-refractivity contribution in [2.45, 2.75) is 19.9 Å². The van der Waals surface area contributed by atoms with Crippen molar-refractivity contribution in [3.05, 3.63) is 12.7 Å². The minimum absolute atomic E-state index is 0.0944. The first kappa shape index (κ1) is 8.88. The zero-order valence-electron chi connectivity index (χ0n) is 6.20. The van der Waals surface area contributed by atoms with E-state index in [2.05, 4.69) is 6.58 Å². The molecule has 0 heterocycles. The quantitative estimate of drug-likeness (QED) is 0.425. The lowest BCUT2D eigenvalue weighted by Crippen LogP contribution is -2.34. The highest BCUT2D eigenvalue weighted by Crippen LogP contribution is 1.94. The molecular weight excluding hydrogens is 130 g/mol. The number of rotatable bonds is 3. The Hall–Kier alpha value is -1.12. The predicted molar refractivity (Wildman–Crippen MR) is 38.2 cm³/mol. The standard InChI is InChI=1S/C7H11NO2/c1-4-7(10)8(5-9)6(2)3/h4-6H,1H2,2-3H3. The number of hydrogen-bond acceptors (Lipinski definition) is 2. The Kier molecular flexibility index (Phi) is 3.39. The van der Waals surface area contributed by atoms with E-state index in [1.165, 1.54) is 0 Å². The van der Waals surface area contributed by atoms with E-state index in [0.29, 0.717) is 6.41 Å². The zero-order chi connectivity index (χ0) is 8.15. The van der Waals surface area contributed by atoms with E-state index < -0.39 is 0 Å². The average molecular weight is 141 g/mol. The van der Waals surface area contributed by atoms with Crippen LogP contribution in [0.1, 0.15) is 13.8 Å². The summed E-state index contributed by atoms with van der Waals surface area (Å²) in [6.45, 7) is 6.78. The third-order valence-electron chi connectivity index (χ3n) is 1.10. The molecule has 10 heavy (non-hydrogen) atoms. The Bertz CT molecular complexity index is 152. The number of nitrogens with zero attached hydrogens (tertiary/aromatic N) is 1. The van der Waals surface area contributed by atoms with Crippen LogP contribution in [-0.2, 0) is 9.59 Å². The topological polar surface area (TPSA) is 37.4 Å². The van der Waals surface area contributed by atoms with Crippen molar-refractivity contribution in [2.24, 2.45) is 0 Å². The van der Waals surface area contributed by atoms with E-state index in [-0.39, 0.29) is 11.9 Å². The molecule has 0 fully saturated rings. The Morgan fingerprint density at radius 1 is 1.60 bits per heavy atom. The van der Waals surface area contributed by atoms with Crippen molar-refractivity contribution in [1.29, 1.82) is 0 Å². The van der Waals surface area contributed by atoms with Crippen molar-refractivity contribution in [1.82, 2.24) is 4.90 Å². The summed E-state index contributed by atoms with van der Waals surface area (Å²) in [4.78, 5) is 22.0. The second-order valence-electron chi connectivity index (χ2n) is 2.15. The van der Waals surface area contributed by atoms with Crippen LogP contribution in [0.15, 0.2) is 12.7 Å². The lowest BCUT2D eigenvalue weighted by Gasteiger charge is -2.16. The Morgan fingerprint density at radius 2 is 2.10 bits per heavy atom. The minimum Gasteiger partial charge on any atom is -0.279 e. The van der Waals surface area contributed by atoms with E-state index in [0.717, 1.165) is 11.0 Å². The van der Waals surface area contributed by atoms with Gasteiger partial charge in [-0.1, -0.05) is 6.58 Å². The maximum atomic E-state index is 10.8. The molecule has 0 saturated heterocycles. The number of carbonyl (C=O) groups is 2. The van der Waals surface area contributed by atoms with Crippen molar-refractivity contribution < 1.29 is 9.59 Å². The summed E-state index contributed by atoms with van der Waals surface area (Å²) in [5.41, 5.74) is 0. The van der Waals surface area contributed by atoms with Crippen molar-refractivity contribution in [3.63, 3.8) is 0 Å². The van der Waals surface area contributed by atoms with E-state index >= 15 is 0 Å². The fraction of sp³-hybridized carbons (Fsp3) is 0.429. The van der Waals surface area contributed by atoms with E-state index in [9.17, 15) is 9.59 Å². The second-order valence-corrected chi connectivity index (χ2v) is 2.15. The molecule has 2 amide bonds. The van der Waals surface area contributed by atoms with Gasteiger partial charge < -0.3 is 0 Å². The van der Waals surface area contributed by atoms with Gasteiger partial charge in [-0.2, -0.15) is 0 Å². The van der Waals surface area contributed by atoms with E-state index in [1.807, 2.05) is 0 Å². The number of amides is 2. The van der Waals surface area contributed by atoms with Crippen LogP contribution < -0.4 is 0 Å². The fourth-order valence-corrected chi connectivity index (χ4v) is 0.534. The third kappa shape index (κ3) is 2.01. The van der Waals surface area contributed by atoms with Gasteiger partial charge in [0.1, 0.15) is 0 Å². The lowest BCUT2D eigenvalue weighted by atomic mass is 10.3. The van der Waals surface area contributed by atoms with Gasteiger partial charge in [-0.25, -0.2) is 0 Å². The molecule has 3 nitrogen and oxygen atoms in total. The largest absolute Gasteiger partial charge is 0.279 e. The van der Waals surface area contributed by atoms with Crippen LogP contribution in [0.25, 0.3) is 0 Å². The molecule has 0 N–H and O–H groups in total. The van der Waals surface area contributed by atoms with Crippen molar-refractivity contribution in [2.75, 3.05) is 0 Å². The maximum Gasteiger partial charge on any atom is 0.252 e. The molecule has 0 unspecified atom stereocenters. The molecule has 0 atom stereocenters. The van der Waals surface area contributed by atoms with Crippen molar-refractivity contribution in [3.8, 4) is 0 Å². The Balaban J connectivity index is 4.19. The molecule has 0 bridgehead atoms. The highest BCUT2D eigenvalue weighted by atomic mass is 16.2. The summed E-state index contributed by atoms with van der Waals surface area (Å²) in [6.07, 6.45) is 1.63. The molecule has 0 aliphatic heterocycles. The molecule has 0 aromatic heterocycles. The highest BCUT2D eigenvalue weighted by Gasteiger charge is 2.11. The van der Waals surface area contributed by atoms with Crippen molar-refractivity contribution >= 4 is 12.3 Å². The number of hydrogen-bond donors (Lipinski definition) is 0. The minimum atomic E-state index is -0.356. The second kappa shape index (κ2) is 3.82. The molecular formula is C7H11NO2. The van der Waals surface area contributed by atoms with Crippen LogP contribution in [0.4, 0.5) is 0 Å². The molecule has 0 spiro atoms.